The number of carbonyl (C=O) groups is 1. The second kappa shape index (κ2) is 5.42. The molecule has 1 unspecified atom stereocenters. The molecule has 17 heavy (non-hydrogen) atoms. The lowest BCUT2D eigenvalue weighted by atomic mass is 10.1. The van der Waals surface area contributed by atoms with Crippen LogP contribution in [0.1, 0.15) is 12.7 Å². The first-order valence-electron chi connectivity index (χ1n) is 6.03. The second-order valence-corrected chi connectivity index (χ2v) is 4.35. The van der Waals surface area contributed by atoms with E-state index in [1.54, 1.807) is 6.20 Å². The number of aryl methyl sites for hydroxylation is 1. The summed E-state index contributed by atoms with van der Waals surface area (Å²) < 4.78 is 7.41. The molecule has 0 bridgehead atoms. The van der Waals surface area contributed by atoms with Crippen molar-refractivity contribution in [2.45, 2.75) is 19.4 Å². The Balaban J connectivity index is 1.94. The highest BCUT2D eigenvalue weighted by molar-refractivity contribution is 5.85. The van der Waals surface area contributed by atoms with Crippen LogP contribution in [0.25, 0.3) is 0 Å². The summed E-state index contributed by atoms with van der Waals surface area (Å²) in [6.45, 7) is 5.34. The van der Waals surface area contributed by atoms with Gasteiger partial charge in [-0.15, -0.1) is 0 Å². The molecule has 0 aromatic carbocycles. The zero-order chi connectivity index (χ0) is 12.3. The summed E-state index contributed by atoms with van der Waals surface area (Å²) in [6, 6.07) is 0. The number of nitrogens with zero attached hydrogens (tertiary/aromatic N) is 3. The Morgan fingerprint density at radius 1 is 1.65 bits per heavy atom. The highest BCUT2D eigenvalue weighted by Crippen LogP contribution is 2.08. The number of imidazole rings is 1. The lowest BCUT2D eigenvalue weighted by Gasteiger charge is -2.31. The molecule has 1 aromatic rings. The van der Waals surface area contributed by atoms with E-state index in [0.29, 0.717) is 19.6 Å². The lowest BCUT2D eigenvalue weighted by molar-refractivity contribution is -0.135. The minimum absolute atomic E-state index is 0.123. The lowest BCUT2D eigenvalue weighted by Crippen LogP contribution is -2.46. The molecule has 2 rings (SSSR count). The van der Waals surface area contributed by atoms with Crippen LogP contribution in [0.4, 0.5) is 0 Å². The Morgan fingerprint density at radius 3 is 3.12 bits per heavy atom. The van der Waals surface area contributed by atoms with Gasteiger partial charge in [0.05, 0.1) is 13.0 Å². The van der Waals surface area contributed by atoms with Gasteiger partial charge in [-0.3, -0.25) is 9.69 Å². The highest BCUT2D eigenvalue weighted by atomic mass is 16.5. The number of morpholine rings is 1. The van der Waals surface area contributed by atoms with E-state index in [1.165, 1.54) is 0 Å². The third-order valence-electron chi connectivity index (χ3n) is 3.21. The molecule has 0 saturated carbocycles. The van der Waals surface area contributed by atoms with Gasteiger partial charge in [-0.25, -0.2) is 4.98 Å². The van der Waals surface area contributed by atoms with E-state index in [9.17, 15) is 4.79 Å². The summed E-state index contributed by atoms with van der Waals surface area (Å²) in [5.41, 5.74) is 0. The van der Waals surface area contributed by atoms with Crippen molar-refractivity contribution in [3.8, 4) is 0 Å². The fourth-order valence-electron chi connectivity index (χ4n) is 2.02. The monoisotopic (exact) mass is 237 g/mol. The Labute approximate surface area is 101 Å². The van der Waals surface area contributed by atoms with Crippen molar-refractivity contribution in [2.75, 3.05) is 26.2 Å². The SMILES string of the molecule is CCN1CCOC(C(=O)Cc2nccn2C)C1. The minimum atomic E-state index is -0.291. The third kappa shape index (κ3) is 2.92. The van der Waals surface area contributed by atoms with Crippen molar-refractivity contribution in [3.63, 3.8) is 0 Å². The summed E-state index contributed by atoms with van der Waals surface area (Å²) in [6.07, 6.45) is 3.62. The van der Waals surface area contributed by atoms with E-state index < -0.39 is 0 Å². The topological polar surface area (TPSA) is 47.4 Å². The van der Waals surface area contributed by atoms with Gasteiger partial charge in [-0.2, -0.15) is 0 Å². The maximum Gasteiger partial charge on any atom is 0.170 e. The summed E-state index contributed by atoms with van der Waals surface area (Å²) in [5, 5.41) is 0. The molecule has 0 aliphatic carbocycles. The van der Waals surface area contributed by atoms with E-state index in [1.807, 2.05) is 17.8 Å². The molecular formula is C12H19N3O2. The first kappa shape index (κ1) is 12.3. The average Bonchev–Trinajstić information content (AvgIpc) is 2.75. The zero-order valence-electron chi connectivity index (χ0n) is 10.4. The molecule has 0 radical (unpaired) electrons. The maximum atomic E-state index is 12.1. The van der Waals surface area contributed by atoms with Gasteiger partial charge in [0.2, 0.25) is 0 Å². The van der Waals surface area contributed by atoms with Crippen LogP contribution < -0.4 is 0 Å². The zero-order valence-corrected chi connectivity index (χ0v) is 10.4. The predicted octanol–water partition coefficient (Wildman–Crippen LogP) is 0.252. The molecule has 1 fully saturated rings. The van der Waals surface area contributed by atoms with Crippen LogP contribution in [0.15, 0.2) is 12.4 Å². The van der Waals surface area contributed by atoms with Gasteiger partial charge in [-0.05, 0) is 6.54 Å². The Hall–Kier alpha value is -1.20. The van der Waals surface area contributed by atoms with Crippen LogP contribution in [0.2, 0.25) is 0 Å². The van der Waals surface area contributed by atoms with Gasteiger partial charge in [0.15, 0.2) is 5.78 Å². The van der Waals surface area contributed by atoms with Crippen molar-refractivity contribution < 1.29 is 9.53 Å². The fourth-order valence-corrected chi connectivity index (χ4v) is 2.02. The molecule has 1 aliphatic rings. The van der Waals surface area contributed by atoms with Crippen molar-refractivity contribution in [3.05, 3.63) is 18.2 Å². The molecule has 0 N–H and O–H groups in total. The molecule has 5 nitrogen and oxygen atoms in total. The number of hydrogen-bond donors (Lipinski definition) is 0. The van der Waals surface area contributed by atoms with Crippen LogP contribution in [0.3, 0.4) is 0 Å². The molecule has 1 saturated heterocycles. The smallest absolute Gasteiger partial charge is 0.170 e. The van der Waals surface area contributed by atoms with Crippen molar-refractivity contribution >= 4 is 5.78 Å². The largest absolute Gasteiger partial charge is 0.368 e. The van der Waals surface area contributed by atoms with E-state index in [0.717, 1.165) is 18.9 Å². The van der Waals surface area contributed by atoms with Crippen LogP contribution in [-0.2, 0) is 23.0 Å². The summed E-state index contributed by atoms with van der Waals surface area (Å²) in [4.78, 5) is 18.5. The first-order chi connectivity index (χ1) is 8.20. The molecule has 1 aliphatic heterocycles. The number of ketones is 1. The second-order valence-electron chi connectivity index (χ2n) is 4.35. The molecule has 5 heteroatoms. The molecule has 0 amide bonds. The molecule has 0 spiro atoms. The van der Waals surface area contributed by atoms with Crippen molar-refractivity contribution in [1.29, 1.82) is 0 Å². The number of aromatic nitrogens is 2. The normalized spacial score (nSPS) is 21.6. The van der Waals surface area contributed by atoms with E-state index in [-0.39, 0.29) is 11.9 Å². The molecular weight excluding hydrogens is 218 g/mol. The van der Waals surface area contributed by atoms with Crippen LogP contribution >= 0.6 is 0 Å². The van der Waals surface area contributed by atoms with Crippen molar-refractivity contribution in [1.82, 2.24) is 14.5 Å². The van der Waals surface area contributed by atoms with E-state index in [4.69, 9.17) is 4.74 Å². The van der Waals surface area contributed by atoms with Gasteiger partial charge < -0.3 is 9.30 Å². The Kier molecular flexibility index (Phi) is 3.91. The highest BCUT2D eigenvalue weighted by Gasteiger charge is 2.26. The number of Topliss-reactive ketones (excluding diaryl/α,β-unsaturated/α-hetero) is 1. The van der Waals surface area contributed by atoms with Crippen molar-refractivity contribution in [2.24, 2.45) is 7.05 Å². The summed E-state index contributed by atoms with van der Waals surface area (Å²) >= 11 is 0. The van der Waals surface area contributed by atoms with Gasteiger partial charge in [0, 0.05) is 32.5 Å². The molecule has 1 atom stereocenters. The van der Waals surface area contributed by atoms with Gasteiger partial charge in [0.25, 0.3) is 0 Å². The fraction of sp³-hybridized carbons (Fsp3) is 0.667. The summed E-state index contributed by atoms with van der Waals surface area (Å²) in [5.74, 6) is 0.921. The van der Waals surface area contributed by atoms with Gasteiger partial charge in [0.1, 0.15) is 11.9 Å². The number of rotatable bonds is 4. The molecule has 2 heterocycles. The van der Waals surface area contributed by atoms with Crippen LogP contribution in [0, 0.1) is 0 Å². The van der Waals surface area contributed by atoms with Gasteiger partial charge >= 0.3 is 0 Å². The number of hydrogen-bond acceptors (Lipinski definition) is 4. The summed E-state index contributed by atoms with van der Waals surface area (Å²) in [7, 11) is 1.90. The minimum Gasteiger partial charge on any atom is -0.368 e. The quantitative estimate of drug-likeness (QED) is 0.753. The number of carbonyl (C=O) groups excluding carboxylic acids is 1. The molecule has 94 valence electrons. The van der Waals surface area contributed by atoms with Crippen LogP contribution in [-0.4, -0.2) is 52.6 Å². The van der Waals surface area contributed by atoms with Crippen LogP contribution in [0.5, 0.6) is 0 Å². The van der Waals surface area contributed by atoms with Gasteiger partial charge in [-0.1, -0.05) is 6.92 Å². The first-order valence-corrected chi connectivity index (χ1v) is 6.03. The predicted molar refractivity (Wildman–Crippen MR) is 63.8 cm³/mol. The molecule has 1 aromatic heterocycles. The number of likely N-dealkylation sites (N-methyl/N-ethyl adjacent to an activating group) is 1. The Bertz CT molecular complexity index is 389. The Morgan fingerprint density at radius 2 is 2.47 bits per heavy atom. The van der Waals surface area contributed by atoms with E-state index >= 15 is 0 Å². The standard InChI is InChI=1S/C12H19N3O2/c1-3-15-6-7-17-11(9-15)10(16)8-12-13-4-5-14(12)2/h4-5,11H,3,6-9H2,1-2H3. The number of ether oxygens (including phenoxy) is 1. The average molecular weight is 237 g/mol. The maximum absolute atomic E-state index is 12.1. The third-order valence-corrected chi connectivity index (χ3v) is 3.21. The van der Waals surface area contributed by atoms with E-state index in [2.05, 4.69) is 16.8 Å².